The highest BCUT2D eigenvalue weighted by Crippen LogP contribution is 2.33. The van der Waals surface area contributed by atoms with Crippen molar-refractivity contribution >= 4 is 11.6 Å². The van der Waals surface area contributed by atoms with Crippen LogP contribution in [0.2, 0.25) is 0 Å². The fourth-order valence-corrected chi connectivity index (χ4v) is 2.60. The second kappa shape index (κ2) is 5.74. The van der Waals surface area contributed by atoms with Crippen molar-refractivity contribution in [3.05, 3.63) is 11.9 Å². The van der Waals surface area contributed by atoms with Crippen LogP contribution in [0, 0.1) is 5.41 Å². The van der Waals surface area contributed by atoms with Crippen molar-refractivity contribution in [1.29, 1.82) is 0 Å². The Morgan fingerprint density at radius 3 is 2.58 bits per heavy atom. The minimum Gasteiger partial charge on any atom is -0.356 e. The van der Waals surface area contributed by atoms with Crippen molar-refractivity contribution < 1.29 is 0 Å². The molecule has 0 saturated carbocycles. The van der Waals surface area contributed by atoms with E-state index in [1.807, 2.05) is 0 Å². The molecule has 5 nitrogen and oxygen atoms in total. The van der Waals surface area contributed by atoms with E-state index in [9.17, 15) is 0 Å². The van der Waals surface area contributed by atoms with Gasteiger partial charge >= 0.3 is 0 Å². The van der Waals surface area contributed by atoms with Crippen LogP contribution in [0.4, 0.5) is 11.6 Å². The molecule has 1 saturated heterocycles. The lowest BCUT2D eigenvalue weighted by Crippen LogP contribution is -2.38. The van der Waals surface area contributed by atoms with Gasteiger partial charge in [-0.25, -0.2) is 15.8 Å². The molecule has 0 aliphatic carbocycles. The van der Waals surface area contributed by atoms with Crippen LogP contribution in [0.1, 0.15) is 45.6 Å². The van der Waals surface area contributed by atoms with Crippen molar-refractivity contribution in [2.45, 2.75) is 46.5 Å². The number of hydrazine groups is 1. The normalized spacial score (nSPS) is 18.4. The fourth-order valence-electron chi connectivity index (χ4n) is 2.60. The molecule has 2 heterocycles. The Kier molecular flexibility index (Phi) is 4.24. The second-order valence-electron chi connectivity index (χ2n) is 6.07. The van der Waals surface area contributed by atoms with E-state index in [1.165, 1.54) is 12.8 Å². The maximum absolute atomic E-state index is 5.56. The van der Waals surface area contributed by atoms with Gasteiger partial charge in [-0.1, -0.05) is 27.2 Å². The van der Waals surface area contributed by atoms with Gasteiger partial charge in [0.2, 0.25) is 0 Å². The largest absolute Gasteiger partial charge is 0.356 e. The minimum absolute atomic E-state index is 0.448. The highest BCUT2D eigenvalue weighted by molar-refractivity contribution is 5.58. The molecule has 1 fully saturated rings. The summed E-state index contributed by atoms with van der Waals surface area (Å²) in [6.45, 7) is 8.96. The number of nitrogens with one attached hydrogen (secondary N) is 1. The molecule has 0 radical (unpaired) electrons. The quantitative estimate of drug-likeness (QED) is 0.644. The molecule has 1 aromatic rings. The molecule has 0 bridgehead atoms. The molecular weight excluding hydrogens is 238 g/mol. The molecule has 1 aliphatic heterocycles. The maximum Gasteiger partial charge on any atom is 0.148 e. The van der Waals surface area contributed by atoms with Gasteiger partial charge in [0.1, 0.15) is 18.0 Å². The van der Waals surface area contributed by atoms with Crippen molar-refractivity contribution in [2.75, 3.05) is 23.4 Å². The molecule has 0 amide bonds. The molecule has 5 heteroatoms. The van der Waals surface area contributed by atoms with Crippen molar-refractivity contribution in [1.82, 2.24) is 9.97 Å². The molecule has 0 aromatic carbocycles. The minimum atomic E-state index is 0.448. The zero-order valence-electron chi connectivity index (χ0n) is 12.2. The summed E-state index contributed by atoms with van der Waals surface area (Å²) in [7, 11) is 0. The Morgan fingerprint density at radius 1 is 1.32 bits per heavy atom. The number of nitrogen functional groups attached to an aromatic ring is 1. The summed E-state index contributed by atoms with van der Waals surface area (Å²) >= 11 is 0. The number of hydrogen-bond donors (Lipinski definition) is 2. The maximum atomic E-state index is 5.56. The van der Waals surface area contributed by atoms with Crippen LogP contribution in [-0.4, -0.2) is 23.1 Å². The lowest BCUT2D eigenvalue weighted by atomic mass is 9.82. The number of rotatable bonds is 4. The van der Waals surface area contributed by atoms with Crippen LogP contribution in [0.15, 0.2) is 6.33 Å². The first-order chi connectivity index (χ1) is 9.07. The third-order valence-corrected chi connectivity index (χ3v) is 3.98. The van der Waals surface area contributed by atoms with E-state index in [1.54, 1.807) is 6.33 Å². The molecule has 3 N–H and O–H groups in total. The van der Waals surface area contributed by atoms with E-state index in [0.717, 1.165) is 43.1 Å². The molecule has 0 atom stereocenters. The van der Waals surface area contributed by atoms with Gasteiger partial charge < -0.3 is 10.3 Å². The van der Waals surface area contributed by atoms with Crippen LogP contribution in [0.5, 0.6) is 0 Å². The number of hydrogen-bond acceptors (Lipinski definition) is 5. The standard InChI is InChI=1S/C14H25N5/c1-4-5-11-12(18-15)16-10-17-13(11)19-8-6-14(2,3)7-9-19/h10H,4-9,15H2,1-3H3,(H,16,17,18). The van der Waals surface area contributed by atoms with E-state index < -0.39 is 0 Å². The number of nitrogens with zero attached hydrogens (tertiary/aromatic N) is 3. The Labute approximate surface area is 115 Å². The fraction of sp³-hybridized carbons (Fsp3) is 0.714. The molecule has 1 aliphatic rings. The lowest BCUT2D eigenvalue weighted by molar-refractivity contribution is 0.279. The van der Waals surface area contributed by atoms with E-state index >= 15 is 0 Å². The van der Waals surface area contributed by atoms with Crippen LogP contribution in [0.25, 0.3) is 0 Å². The molecule has 0 unspecified atom stereocenters. The summed E-state index contributed by atoms with van der Waals surface area (Å²) in [6, 6.07) is 0. The number of nitrogens with two attached hydrogens (primary N) is 1. The first-order valence-electron chi connectivity index (χ1n) is 7.13. The third-order valence-electron chi connectivity index (χ3n) is 3.98. The van der Waals surface area contributed by atoms with Crippen LogP contribution in [-0.2, 0) is 6.42 Å². The Hall–Kier alpha value is -1.36. The predicted octanol–water partition coefficient (Wildman–Crippen LogP) is 2.34. The van der Waals surface area contributed by atoms with Gasteiger partial charge in [0.25, 0.3) is 0 Å². The zero-order chi connectivity index (χ0) is 13.9. The van der Waals surface area contributed by atoms with Gasteiger partial charge in [-0.15, -0.1) is 0 Å². The highest BCUT2D eigenvalue weighted by Gasteiger charge is 2.27. The molecule has 19 heavy (non-hydrogen) atoms. The van der Waals surface area contributed by atoms with Crippen LogP contribution < -0.4 is 16.2 Å². The average molecular weight is 263 g/mol. The van der Waals surface area contributed by atoms with Gasteiger partial charge in [-0.2, -0.15) is 0 Å². The lowest BCUT2D eigenvalue weighted by Gasteiger charge is -2.38. The summed E-state index contributed by atoms with van der Waals surface area (Å²) in [5.74, 6) is 7.38. The molecule has 1 aromatic heterocycles. The average Bonchev–Trinajstić information content (AvgIpc) is 2.40. The van der Waals surface area contributed by atoms with Crippen molar-refractivity contribution in [3.8, 4) is 0 Å². The SMILES string of the molecule is CCCc1c(NN)ncnc1N1CCC(C)(C)CC1. The first kappa shape index (κ1) is 14.1. The first-order valence-corrected chi connectivity index (χ1v) is 7.13. The zero-order valence-corrected chi connectivity index (χ0v) is 12.2. The Bertz CT molecular complexity index is 420. The van der Waals surface area contributed by atoms with Crippen LogP contribution >= 0.6 is 0 Å². The summed E-state index contributed by atoms with van der Waals surface area (Å²) in [4.78, 5) is 11.1. The second-order valence-corrected chi connectivity index (χ2v) is 6.07. The van der Waals surface area contributed by atoms with Gasteiger partial charge in [0, 0.05) is 18.7 Å². The van der Waals surface area contributed by atoms with Gasteiger partial charge in [0.15, 0.2) is 0 Å². The Balaban J connectivity index is 2.24. The van der Waals surface area contributed by atoms with E-state index in [0.29, 0.717) is 5.41 Å². The van der Waals surface area contributed by atoms with Gasteiger partial charge in [-0.3, -0.25) is 0 Å². The summed E-state index contributed by atoms with van der Waals surface area (Å²) in [6.07, 6.45) is 6.02. The molecular formula is C14H25N5. The monoisotopic (exact) mass is 263 g/mol. The highest BCUT2D eigenvalue weighted by atomic mass is 15.3. The topological polar surface area (TPSA) is 67.1 Å². The summed E-state index contributed by atoms with van der Waals surface area (Å²) in [5, 5.41) is 0. The van der Waals surface area contributed by atoms with Gasteiger partial charge in [-0.05, 0) is 24.7 Å². The van der Waals surface area contributed by atoms with E-state index in [4.69, 9.17) is 5.84 Å². The van der Waals surface area contributed by atoms with E-state index in [-0.39, 0.29) is 0 Å². The summed E-state index contributed by atoms with van der Waals surface area (Å²) < 4.78 is 0. The molecule has 0 spiro atoms. The number of piperidine rings is 1. The smallest absolute Gasteiger partial charge is 0.148 e. The van der Waals surface area contributed by atoms with Crippen LogP contribution in [0.3, 0.4) is 0 Å². The summed E-state index contributed by atoms with van der Waals surface area (Å²) in [5.41, 5.74) is 4.29. The number of aromatic nitrogens is 2. The Morgan fingerprint density at radius 2 is 2.00 bits per heavy atom. The number of anilines is 2. The van der Waals surface area contributed by atoms with E-state index in [2.05, 4.69) is 41.1 Å². The van der Waals surface area contributed by atoms with Gasteiger partial charge in [0.05, 0.1) is 0 Å². The van der Waals surface area contributed by atoms with Crippen molar-refractivity contribution in [3.63, 3.8) is 0 Å². The third kappa shape index (κ3) is 3.15. The molecule has 2 rings (SSSR count). The van der Waals surface area contributed by atoms with Crippen molar-refractivity contribution in [2.24, 2.45) is 11.3 Å². The molecule has 106 valence electrons. The predicted molar refractivity (Wildman–Crippen MR) is 79.1 cm³/mol.